The highest BCUT2D eigenvalue weighted by Gasteiger charge is 2.25. The van der Waals surface area contributed by atoms with Gasteiger partial charge in [0.1, 0.15) is 5.69 Å². The summed E-state index contributed by atoms with van der Waals surface area (Å²) in [5.41, 5.74) is 4.11. The Balaban J connectivity index is 1.48. The van der Waals surface area contributed by atoms with Crippen molar-refractivity contribution in [2.45, 2.75) is 25.4 Å². The lowest BCUT2D eigenvalue weighted by molar-refractivity contribution is 0.0693. The lowest BCUT2D eigenvalue weighted by atomic mass is 9.99. The Morgan fingerprint density at radius 2 is 1.80 bits per heavy atom. The number of aliphatic hydroxyl groups excluding tert-OH is 1. The number of carbonyl (C=O) groups is 1. The second-order valence-electron chi connectivity index (χ2n) is 7.67. The van der Waals surface area contributed by atoms with Crippen LogP contribution in [0.15, 0.2) is 67.1 Å². The van der Waals surface area contributed by atoms with E-state index in [-0.39, 0.29) is 12.5 Å². The molecule has 0 aliphatic carbocycles. The summed E-state index contributed by atoms with van der Waals surface area (Å²) in [4.78, 5) is 19.3. The lowest BCUT2D eigenvalue weighted by Gasteiger charge is -2.32. The highest BCUT2D eigenvalue weighted by atomic mass is 16.3. The van der Waals surface area contributed by atoms with Crippen LogP contribution in [-0.2, 0) is 6.54 Å². The van der Waals surface area contributed by atoms with Gasteiger partial charge in [-0.25, -0.2) is 4.98 Å². The van der Waals surface area contributed by atoms with Crippen LogP contribution in [0.3, 0.4) is 0 Å². The fraction of sp³-hybridized carbons (Fsp3) is 0.333. The van der Waals surface area contributed by atoms with Crippen molar-refractivity contribution >= 4 is 5.91 Å². The van der Waals surface area contributed by atoms with E-state index in [1.54, 1.807) is 12.5 Å². The second kappa shape index (κ2) is 9.69. The highest BCUT2D eigenvalue weighted by molar-refractivity contribution is 5.92. The number of amides is 1. The molecule has 1 aliphatic rings. The number of aliphatic hydroxyl groups is 1. The van der Waals surface area contributed by atoms with Crippen molar-refractivity contribution < 1.29 is 9.90 Å². The van der Waals surface area contributed by atoms with Crippen molar-refractivity contribution in [2.24, 2.45) is 0 Å². The van der Waals surface area contributed by atoms with Crippen LogP contribution in [0.4, 0.5) is 0 Å². The summed E-state index contributed by atoms with van der Waals surface area (Å²) < 4.78 is 1.94. The van der Waals surface area contributed by atoms with Crippen LogP contribution in [0, 0.1) is 0 Å². The van der Waals surface area contributed by atoms with Gasteiger partial charge >= 0.3 is 0 Å². The normalized spacial score (nSPS) is 14.8. The molecule has 2 N–H and O–H groups in total. The molecule has 6 nitrogen and oxygen atoms in total. The molecule has 6 heteroatoms. The third-order valence-electron chi connectivity index (χ3n) is 5.70. The van der Waals surface area contributed by atoms with Gasteiger partial charge in [0.2, 0.25) is 0 Å². The minimum atomic E-state index is 0.0327. The Bertz CT molecular complexity index is 962. The van der Waals surface area contributed by atoms with E-state index in [1.807, 2.05) is 39.8 Å². The van der Waals surface area contributed by atoms with Crippen molar-refractivity contribution in [3.8, 4) is 11.1 Å². The van der Waals surface area contributed by atoms with E-state index in [0.29, 0.717) is 37.9 Å². The van der Waals surface area contributed by atoms with Crippen LogP contribution in [0.25, 0.3) is 11.1 Å². The number of rotatable bonds is 7. The van der Waals surface area contributed by atoms with Gasteiger partial charge in [0, 0.05) is 32.2 Å². The minimum Gasteiger partial charge on any atom is -0.395 e. The minimum absolute atomic E-state index is 0.0327. The summed E-state index contributed by atoms with van der Waals surface area (Å²) in [6.07, 6.45) is 5.21. The van der Waals surface area contributed by atoms with Gasteiger partial charge < -0.3 is 19.9 Å². The van der Waals surface area contributed by atoms with Crippen molar-refractivity contribution in [3.63, 3.8) is 0 Å². The number of nitrogens with zero attached hydrogens (tertiary/aromatic N) is 3. The summed E-state index contributed by atoms with van der Waals surface area (Å²) in [6.45, 7) is 2.77. The molecule has 30 heavy (non-hydrogen) atoms. The van der Waals surface area contributed by atoms with Gasteiger partial charge in [-0.05, 0) is 29.5 Å². The molecule has 1 aliphatic heterocycles. The molecule has 156 valence electrons. The number of piperidine rings is 1. The second-order valence-corrected chi connectivity index (χ2v) is 7.67. The van der Waals surface area contributed by atoms with Crippen molar-refractivity contribution in [2.75, 3.05) is 26.2 Å². The predicted octanol–water partition coefficient (Wildman–Crippen LogP) is 2.78. The van der Waals surface area contributed by atoms with E-state index in [4.69, 9.17) is 5.11 Å². The van der Waals surface area contributed by atoms with Crippen LogP contribution >= 0.6 is 0 Å². The maximum atomic E-state index is 13.2. The van der Waals surface area contributed by atoms with Gasteiger partial charge in [-0.3, -0.25) is 4.79 Å². The molecule has 3 aromatic rings. The molecule has 1 saturated heterocycles. The fourth-order valence-electron chi connectivity index (χ4n) is 4.08. The topological polar surface area (TPSA) is 70.4 Å². The van der Waals surface area contributed by atoms with Gasteiger partial charge in [0.25, 0.3) is 5.91 Å². The molecule has 4 rings (SSSR count). The average molecular weight is 405 g/mol. The van der Waals surface area contributed by atoms with Crippen molar-refractivity contribution in [1.29, 1.82) is 0 Å². The number of aromatic nitrogens is 2. The SMILES string of the molecule is O=C(c1cncn1Cc1ccccc1-c1ccccc1)N1CCC(NCCO)CC1. The smallest absolute Gasteiger partial charge is 0.272 e. The lowest BCUT2D eigenvalue weighted by Crippen LogP contribution is -2.45. The standard InChI is InChI=1S/C24H28N4O2/c29-15-12-26-21-10-13-27(14-11-21)24(30)23-16-25-18-28(23)17-20-8-4-5-9-22(20)19-6-2-1-3-7-19/h1-9,16,18,21,26,29H,10-15,17H2. The largest absolute Gasteiger partial charge is 0.395 e. The molecule has 0 bridgehead atoms. The number of likely N-dealkylation sites (tertiary alicyclic amines) is 1. The first-order chi connectivity index (χ1) is 14.8. The molecule has 0 unspecified atom stereocenters. The van der Waals surface area contributed by atoms with Crippen LogP contribution < -0.4 is 5.32 Å². The van der Waals surface area contributed by atoms with E-state index in [1.165, 1.54) is 11.1 Å². The fourth-order valence-corrected chi connectivity index (χ4v) is 4.08. The quantitative estimate of drug-likeness (QED) is 0.635. The molecule has 0 atom stereocenters. The number of hydrogen-bond donors (Lipinski definition) is 2. The van der Waals surface area contributed by atoms with E-state index in [0.717, 1.165) is 18.4 Å². The molecule has 0 spiro atoms. The zero-order valence-corrected chi connectivity index (χ0v) is 17.1. The summed E-state index contributed by atoms with van der Waals surface area (Å²) in [6, 6.07) is 19.0. The van der Waals surface area contributed by atoms with E-state index in [9.17, 15) is 4.79 Å². The molecule has 0 saturated carbocycles. The molecule has 1 fully saturated rings. The Hall–Kier alpha value is -2.96. The van der Waals surface area contributed by atoms with Gasteiger partial charge in [-0.15, -0.1) is 0 Å². The number of carbonyl (C=O) groups excluding carboxylic acids is 1. The van der Waals surface area contributed by atoms with Crippen LogP contribution in [0.1, 0.15) is 28.9 Å². The zero-order chi connectivity index (χ0) is 20.8. The molecule has 2 aromatic carbocycles. The Labute approximate surface area is 177 Å². The van der Waals surface area contributed by atoms with Crippen LogP contribution in [0.5, 0.6) is 0 Å². The first-order valence-electron chi connectivity index (χ1n) is 10.5. The summed E-state index contributed by atoms with van der Waals surface area (Å²) >= 11 is 0. The third-order valence-corrected chi connectivity index (χ3v) is 5.70. The molecule has 2 heterocycles. The predicted molar refractivity (Wildman–Crippen MR) is 117 cm³/mol. The number of imidazole rings is 1. The summed E-state index contributed by atoms with van der Waals surface area (Å²) in [5, 5.41) is 12.3. The molecule has 1 aromatic heterocycles. The number of benzene rings is 2. The molecule has 0 radical (unpaired) electrons. The van der Waals surface area contributed by atoms with E-state index < -0.39 is 0 Å². The van der Waals surface area contributed by atoms with Gasteiger partial charge in [0.05, 0.1) is 19.1 Å². The number of nitrogens with one attached hydrogen (secondary N) is 1. The van der Waals surface area contributed by atoms with E-state index >= 15 is 0 Å². The maximum absolute atomic E-state index is 13.2. The van der Waals surface area contributed by atoms with Gasteiger partial charge in [-0.2, -0.15) is 0 Å². The molecular formula is C24H28N4O2. The Kier molecular flexibility index (Phi) is 6.57. The first-order valence-corrected chi connectivity index (χ1v) is 10.5. The number of hydrogen-bond acceptors (Lipinski definition) is 4. The highest BCUT2D eigenvalue weighted by Crippen LogP contribution is 2.25. The van der Waals surface area contributed by atoms with Crippen LogP contribution in [0.2, 0.25) is 0 Å². The average Bonchev–Trinajstić information content (AvgIpc) is 3.26. The third kappa shape index (κ3) is 4.61. The summed E-state index contributed by atoms with van der Waals surface area (Å²) in [7, 11) is 0. The van der Waals surface area contributed by atoms with Crippen LogP contribution in [-0.4, -0.2) is 57.7 Å². The summed E-state index contributed by atoms with van der Waals surface area (Å²) in [5.74, 6) is 0.0327. The van der Waals surface area contributed by atoms with Gasteiger partial charge in [-0.1, -0.05) is 54.6 Å². The molecule has 1 amide bonds. The Morgan fingerprint density at radius 1 is 1.07 bits per heavy atom. The first kappa shape index (κ1) is 20.3. The molecular weight excluding hydrogens is 376 g/mol. The van der Waals surface area contributed by atoms with Gasteiger partial charge in [0.15, 0.2) is 0 Å². The zero-order valence-electron chi connectivity index (χ0n) is 17.1. The van der Waals surface area contributed by atoms with E-state index in [2.05, 4.69) is 34.6 Å². The monoisotopic (exact) mass is 404 g/mol. The Morgan fingerprint density at radius 3 is 2.57 bits per heavy atom. The maximum Gasteiger partial charge on any atom is 0.272 e. The van der Waals surface area contributed by atoms with Crippen molar-refractivity contribution in [1.82, 2.24) is 19.8 Å². The van der Waals surface area contributed by atoms with Crippen molar-refractivity contribution in [3.05, 3.63) is 78.4 Å².